The Morgan fingerprint density at radius 2 is 1.92 bits per heavy atom. The quantitative estimate of drug-likeness (QED) is 0.611. The second-order valence-corrected chi connectivity index (χ2v) is 5.26. The summed E-state index contributed by atoms with van der Waals surface area (Å²) in [5.41, 5.74) is 1.38. The zero-order valence-electron chi connectivity index (χ0n) is 12.3. The number of carboxylic acid groups (broad SMARTS) is 1. The predicted molar refractivity (Wildman–Crippen MR) is 89.5 cm³/mol. The van der Waals surface area contributed by atoms with Gasteiger partial charge in [-0.05, 0) is 48.6 Å². The fourth-order valence-electron chi connectivity index (χ4n) is 2.07. The van der Waals surface area contributed by atoms with Crippen LogP contribution >= 0.6 is 12.2 Å². The van der Waals surface area contributed by atoms with Crippen LogP contribution in [-0.4, -0.2) is 26.0 Å². The minimum Gasteiger partial charge on any atom is -0.507 e. The van der Waals surface area contributed by atoms with Gasteiger partial charge < -0.3 is 19.9 Å². The maximum Gasteiger partial charge on any atom is 0.335 e. The molecule has 0 saturated carbocycles. The third kappa shape index (κ3) is 3.28. The fraction of sp³-hybridized carbons (Fsp3) is 0.0625. The van der Waals surface area contributed by atoms with Gasteiger partial charge in [-0.3, -0.25) is 0 Å². The first kappa shape index (κ1) is 15.8. The van der Waals surface area contributed by atoms with Crippen LogP contribution in [0.3, 0.4) is 0 Å². The summed E-state index contributed by atoms with van der Waals surface area (Å²) in [5, 5.41) is 26.0. The molecule has 0 unspecified atom stereocenters. The minimum absolute atomic E-state index is 0.0538. The van der Waals surface area contributed by atoms with Gasteiger partial charge in [0.05, 0.1) is 11.1 Å². The van der Waals surface area contributed by atoms with E-state index in [1.807, 2.05) is 0 Å². The molecule has 7 nitrogen and oxygen atoms in total. The van der Waals surface area contributed by atoms with E-state index in [2.05, 4.69) is 10.4 Å². The van der Waals surface area contributed by atoms with E-state index in [1.165, 1.54) is 22.9 Å². The lowest BCUT2D eigenvalue weighted by Gasteiger charge is -2.05. The van der Waals surface area contributed by atoms with E-state index in [9.17, 15) is 9.90 Å². The molecule has 2 aromatic carbocycles. The van der Waals surface area contributed by atoms with Gasteiger partial charge in [-0.15, -0.1) is 5.10 Å². The summed E-state index contributed by atoms with van der Waals surface area (Å²) in [4.78, 5) is 11.0. The topological polar surface area (TPSA) is 101 Å². The summed E-state index contributed by atoms with van der Waals surface area (Å²) < 4.78 is 6.84. The number of benzene rings is 2. The van der Waals surface area contributed by atoms with Crippen LogP contribution in [-0.2, 0) is 6.67 Å². The van der Waals surface area contributed by atoms with Crippen LogP contribution in [0.15, 0.2) is 52.9 Å². The lowest BCUT2D eigenvalue weighted by Crippen LogP contribution is -2.09. The van der Waals surface area contributed by atoms with E-state index >= 15 is 0 Å². The van der Waals surface area contributed by atoms with Crippen LogP contribution in [0.4, 0.5) is 5.69 Å². The van der Waals surface area contributed by atoms with Crippen molar-refractivity contribution in [2.45, 2.75) is 6.67 Å². The number of hydrogen-bond donors (Lipinski definition) is 3. The number of para-hydroxylation sites is 1. The smallest absolute Gasteiger partial charge is 0.335 e. The molecule has 3 aromatic rings. The zero-order valence-corrected chi connectivity index (χ0v) is 13.2. The van der Waals surface area contributed by atoms with Gasteiger partial charge in [0.1, 0.15) is 12.4 Å². The Bertz CT molecular complexity index is 931. The first-order valence-electron chi connectivity index (χ1n) is 6.98. The number of aromatic carboxylic acids is 1. The lowest BCUT2D eigenvalue weighted by atomic mass is 10.2. The van der Waals surface area contributed by atoms with Crippen molar-refractivity contribution in [2.75, 3.05) is 5.32 Å². The molecule has 0 bridgehead atoms. The molecule has 8 heteroatoms. The Hall–Kier alpha value is -3.13. The number of nitrogens with one attached hydrogen (secondary N) is 1. The number of aromatic nitrogens is 2. The average Bonchev–Trinajstić information content (AvgIpc) is 2.94. The molecule has 0 atom stereocenters. The van der Waals surface area contributed by atoms with Crippen molar-refractivity contribution in [1.82, 2.24) is 9.78 Å². The highest BCUT2D eigenvalue weighted by Crippen LogP contribution is 2.27. The molecule has 1 aromatic heterocycles. The predicted octanol–water partition coefficient (Wildman–Crippen LogP) is 3.35. The number of carboxylic acids is 1. The van der Waals surface area contributed by atoms with Crippen LogP contribution in [0.1, 0.15) is 10.4 Å². The van der Waals surface area contributed by atoms with Gasteiger partial charge in [0, 0.05) is 5.69 Å². The van der Waals surface area contributed by atoms with Crippen LogP contribution in [0.25, 0.3) is 11.5 Å². The number of carbonyl (C=O) groups is 1. The Morgan fingerprint density at radius 3 is 2.58 bits per heavy atom. The Balaban J connectivity index is 1.76. The number of nitrogens with zero attached hydrogens (tertiary/aromatic N) is 2. The number of anilines is 1. The molecule has 0 aliphatic carbocycles. The molecule has 0 spiro atoms. The summed E-state index contributed by atoms with van der Waals surface area (Å²) in [6, 6.07) is 13.0. The molecule has 3 N–H and O–H groups in total. The average molecular weight is 343 g/mol. The molecule has 1 heterocycles. The van der Waals surface area contributed by atoms with Crippen molar-refractivity contribution in [1.29, 1.82) is 0 Å². The van der Waals surface area contributed by atoms with E-state index < -0.39 is 5.97 Å². The van der Waals surface area contributed by atoms with E-state index in [-0.39, 0.29) is 28.7 Å². The highest BCUT2D eigenvalue weighted by molar-refractivity contribution is 7.71. The van der Waals surface area contributed by atoms with Gasteiger partial charge in [0.15, 0.2) is 0 Å². The number of phenols is 1. The second kappa shape index (κ2) is 6.55. The summed E-state index contributed by atoms with van der Waals surface area (Å²) in [7, 11) is 0. The summed E-state index contributed by atoms with van der Waals surface area (Å²) >= 11 is 5.12. The van der Waals surface area contributed by atoms with Crippen LogP contribution in [0.5, 0.6) is 5.75 Å². The fourth-order valence-corrected chi connectivity index (χ4v) is 2.25. The van der Waals surface area contributed by atoms with Crippen LogP contribution in [0.2, 0.25) is 0 Å². The molecule has 0 aliphatic heterocycles. The Kier molecular flexibility index (Phi) is 4.30. The van der Waals surface area contributed by atoms with Gasteiger partial charge in [-0.1, -0.05) is 12.1 Å². The van der Waals surface area contributed by atoms with Crippen molar-refractivity contribution in [3.63, 3.8) is 0 Å². The molecule has 0 fully saturated rings. The first-order valence-corrected chi connectivity index (χ1v) is 7.39. The number of aromatic hydroxyl groups is 1. The maximum atomic E-state index is 10.8. The third-order valence-electron chi connectivity index (χ3n) is 3.31. The molecule has 0 amide bonds. The van der Waals surface area contributed by atoms with E-state index in [4.69, 9.17) is 21.7 Å². The number of phenolic OH excluding ortho intramolecular Hbond substituents is 1. The molecular formula is C16H13N3O4S. The van der Waals surface area contributed by atoms with Crippen molar-refractivity contribution >= 4 is 23.9 Å². The van der Waals surface area contributed by atoms with E-state index in [0.717, 1.165) is 0 Å². The maximum absolute atomic E-state index is 10.8. The van der Waals surface area contributed by atoms with E-state index in [0.29, 0.717) is 11.3 Å². The monoisotopic (exact) mass is 343 g/mol. The molecule has 0 saturated heterocycles. The van der Waals surface area contributed by atoms with Crippen molar-refractivity contribution < 1.29 is 19.4 Å². The highest BCUT2D eigenvalue weighted by Gasteiger charge is 2.11. The summed E-state index contributed by atoms with van der Waals surface area (Å²) in [6.45, 7) is 0.238. The van der Waals surface area contributed by atoms with Crippen LogP contribution < -0.4 is 5.32 Å². The third-order valence-corrected chi connectivity index (χ3v) is 3.60. The largest absolute Gasteiger partial charge is 0.507 e. The van der Waals surface area contributed by atoms with Gasteiger partial charge in [-0.2, -0.15) is 0 Å². The van der Waals surface area contributed by atoms with E-state index in [1.54, 1.807) is 30.3 Å². The number of hydrogen-bond acceptors (Lipinski definition) is 6. The summed E-state index contributed by atoms with van der Waals surface area (Å²) in [6.07, 6.45) is 0. The first-order chi connectivity index (χ1) is 11.5. The van der Waals surface area contributed by atoms with Gasteiger partial charge in [0.2, 0.25) is 0 Å². The summed E-state index contributed by atoms with van der Waals surface area (Å²) in [5.74, 6) is -0.702. The highest BCUT2D eigenvalue weighted by atomic mass is 32.1. The Labute approximate surface area is 141 Å². The molecule has 3 rings (SSSR count). The van der Waals surface area contributed by atoms with Crippen molar-refractivity contribution in [3.05, 3.63) is 58.9 Å². The zero-order chi connectivity index (χ0) is 17.1. The van der Waals surface area contributed by atoms with Crippen LogP contribution in [0, 0.1) is 4.84 Å². The van der Waals surface area contributed by atoms with Crippen molar-refractivity contribution in [2.24, 2.45) is 0 Å². The SMILES string of the molecule is O=C(O)c1ccc(NCn2nc(-c3ccccc3O)oc2=S)cc1. The van der Waals surface area contributed by atoms with Crippen molar-refractivity contribution in [3.8, 4) is 17.2 Å². The molecule has 24 heavy (non-hydrogen) atoms. The molecular weight excluding hydrogens is 330 g/mol. The molecule has 0 aliphatic rings. The van der Waals surface area contributed by atoms with Gasteiger partial charge >= 0.3 is 5.97 Å². The Morgan fingerprint density at radius 1 is 1.21 bits per heavy atom. The second-order valence-electron chi connectivity index (χ2n) is 4.91. The minimum atomic E-state index is -0.979. The van der Waals surface area contributed by atoms with Gasteiger partial charge in [0.25, 0.3) is 10.7 Å². The normalized spacial score (nSPS) is 10.5. The lowest BCUT2D eigenvalue weighted by molar-refractivity contribution is 0.0697. The molecule has 122 valence electrons. The molecule has 0 radical (unpaired) electrons. The standard InChI is InChI=1S/C16H13N3O4S/c20-13-4-2-1-3-12(13)14-18-19(16(24)23-14)9-17-11-7-5-10(6-8-11)15(21)22/h1-8,17,20H,9H2,(H,21,22). The number of rotatable bonds is 5. The van der Waals surface area contributed by atoms with Gasteiger partial charge in [-0.25, -0.2) is 9.48 Å².